The summed E-state index contributed by atoms with van der Waals surface area (Å²) in [6.07, 6.45) is 23.6. The van der Waals surface area contributed by atoms with Crippen molar-refractivity contribution in [2.24, 2.45) is 0 Å². The highest BCUT2D eigenvalue weighted by Crippen LogP contribution is 2.13. The number of rotatable bonds is 14. The molecule has 0 unspecified atom stereocenters. The van der Waals surface area contributed by atoms with E-state index < -0.39 is 0 Å². The van der Waals surface area contributed by atoms with Gasteiger partial charge in [-0.2, -0.15) is 0 Å². The molecule has 178 valence electrons. The van der Waals surface area contributed by atoms with Crippen LogP contribution < -0.4 is 4.90 Å². The van der Waals surface area contributed by atoms with Gasteiger partial charge in [0.25, 0.3) is 0 Å². The van der Waals surface area contributed by atoms with E-state index >= 15 is 0 Å². The molecule has 1 aliphatic rings. The van der Waals surface area contributed by atoms with Gasteiger partial charge in [-0.1, -0.05) is 97.8 Å². The Kier molecular flexibility index (Phi) is 16.8. The molecular weight excluding hydrogens is 384 g/mol. The molecule has 0 aliphatic carbocycles. The van der Waals surface area contributed by atoms with Gasteiger partial charge in [-0.05, 0) is 6.42 Å². The van der Waals surface area contributed by atoms with Crippen molar-refractivity contribution >= 4 is 11.7 Å². The third-order valence-electron chi connectivity index (χ3n) is 5.96. The highest BCUT2D eigenvalue weighted by Gasteiger charge is 2.21. The number of hydrogen-bond acceptors (Lipinski definition) is 4. The van der Waals surface area contributed by atoms with Crippen molar-refractivity contribution in [2.75, 3.05) is 31.1 Å². The highest BCUT2D eigenvalue weighted by atomic mass is 16.2. The van der Waals surface area contributed by atoms with Gasteiger partial charge in [0.2, 0.25) is 5.91 Å². The van der Waals surface area contributed by atoms with Crippen LogP contribution in [0.15, 0.2) is 18.6 Å². The normalized spacial score (nSPS) is 13.6. The molecule has 0 N–H and O–H groups in total. The van der Waals surface area contributed by atoms with Crippen LogP contribution in [0.1, 0.15) is 111 Å². The van der Waals surface area contributed by atoms with Gasteiger partial charge in [0.1, 0.15) is 5.82 Å². The van der Waals surface area contributed by atoms with Gasteiger partial charge < -0.3 is 9.80 Å². The predicted molar refractivity (Wildman–Crippen MR) is 132 cm³/mol. The first-order valence-corrected chi connectivity index (χ1v) is 13.0. The third-order valence-corrected chi connectivity index (χ3v) is 5.96. The van der Waals surface area contributed by atoms with Crippen molar-refractivity contribution in [1.29, 1.82) is 0 Å². The van der Waals surface area contributed by atoms with Crippen molar-refractivity contribution in [3.8, 4) is 0 Å². The lowest BCUT2D eigenvalue weighted by Gasteiger charge is -2.35. The number of carbonyl (C=O) groups is 1. The molecule has 1 aromatic heterocycles. The summed E-state index contributed by atoms with van der Waals surface area (Å²) < 4.78 is 0. The molecule has 31 heavy (non-hydrogen) atoms. The smallest absolute Gasteiger partial charge is 0.222 e. The summed E-state index contributed by atoms with van der Waals surface area (Å²) in [6, 6.07) is 0. The second-order valence-electron chi connectivity index (χ2n) is 8.72. The minimum absolute atomic E-state index is 0.298. The van der Waals surface area contributed by atoms with Crippen LogP contribution in [0.2, 0.25) is 0 Å². The summed E-state index contributed by atoms with van der Waals surface area (Å²) in [5, 5.41) is 0. The van der Waals surface area contributed by atoms with Crippen LogP contribution in [0.3, 0.4) is 0 Å². The Morgan fingerprint density at radius 3 is 1.74 bits per heavy atom. The van der Waals surface area contributed by atoms with Crippen molar-refractivity contribution < 1.29 is 4.79 Å². The van der Waals surface area contributed by atoms with Gasteiger partial charge in [-0.15, -0.1) is 0 Å². The van der Waals surface area contributed by atoms with Crippen LogP contribution >= 0.6 is 0 Å². The predicted octanol–water partition coefficient (Wildman–Crippen LogP) is 6.63. The summed E-state index contributed by atoms with van der Waals surface area (Å²) >= 11 is 0. The minimum Gasteiger partial charge on any atom is -0.352 e. The summed E-state index contributed by atoms with van der Waals surface area (Å²) in [7, 11) is 0. The lowest BCUT2D eigenvalue weighted by atomic mass is 10.1. The second kappa shape index (κ2) is 19.1. The average Bonchev–Trinajstić information content (AvgIpc) is 2.82. The number of amides is 1. The first-order valence-electron chi connectivity index (χ1n) is 13.0. The van der Waals surface area contributed by atoms with Gasteiger partial charge in [-0.25, -0.2) is 4.98 Å². The van der Waals surface area contributed by atoms with Crippen molar-refractivity contribution in [3.05, 3.63) is 18.6 Å². The molecule has 5 nitrogen and oxygen atoms in total. The molecule has 0 bridgehead atoms. The zero-order valence-corrected chi connectivity index (χ0v) is 20.7. The number of hydrogen-bond donors (Lipinski definition) is 0. The van der Waals surface area contributed by atoms with E-state index in [4.69, 9.17) is 0 Å². The summed E-state index contributed by atoms with van der Waals surface area (Å²) in [4.78, 5) is 24.5. The third kappa shape index (κ3) is 13.4. The number of aromatic nitrogens is 2. The van der Waals surface area contributed by atoms with Crippen molar-refractivity contribution in [2.45, 2.75) is 111 Å². The maximum absolute atomic E-state index is 12.0. The Bertz CT molecular complexity index is 519. The summed E-state index contributed by atoms with van der Waals surface area (Å²) in [5.74, 6) is 1.20. The van der Waals surface area contributed by atoms with Crippen LogP contribution in [-0.2, 0) is 4.79 Å². The van der Waals surface area contributed by atoms with Crippen LogP contribution in [0.5, 0.6) is 0 Å². The Hall–Kier alpha value is -1.65. The van der Waals surface area contributed by atoms with Gasteiger partial charge >= 0.3 is 0 Å². The van der Waals surface area contributed by atoms with E-state index in [1.54, 1.807) is 18.6 Å². The SMILES string of the molecule is CCCCCC(=O)N1CCN(c2cnccn2)CC1.CCCCCCCCCCCC. The second-order valence-corrected chi connectivity index (χ2v) is 8.72. The van der Waals surface area contributed by atoms with E-state index in [1.165, 1.54) is 64.2 Å². The van der Waals surface area contributed by atoms with Crippen LogP contribution in [0.4, 0.5) is 5.82 Å². The molecular formula is C26H48N4O. The fourth-order valence-corrected chi connectivity index (χ4v) is 3.88. The lowest BCUT2D eigenvalue weighted by Crippen LogP contribution is -2.49. The van der Waals surface area contributed by atoms with Crippen LogP contribution in [0.25, 0.3) is 0 Å². The number of unbranched alkanes of at least 4 members (excludes halogenated alkanes) is 11. The van der Waals surface area contributed by atoms with E-state index in [9.17, 15) is 4.79 Å². The molecule has 0 atom stereocenters. The molecule has 2 heterocycles. The molecule has 1 amide bonds. The van der Waals surface area contributed by atoms with E-state index in [1.807, 2.05) is 4.90 Å². The van der Waals surface area contributed by atoms with Gasteiger partial charge in [0, 0.05) is 45.0 Å². The molecule has 0 aromatic carbocycles. The molecule has 2 rings (SSSR count). The van der Waals surface area contributed by atoms with Crippen molar-refractivity contribution in [1.82, 2.24) is 14.9 Å². The molecule has 1 fully saturated rings. The Morgan fingerprint density at radius 2 is 1.26 bits per heavy atom. The zero-order chi connectivity index (χ0) is 22.6. The van der Waals surface area contributed by atoms with Crippen LogP contribution in [0, 0.1) is 0 Å². The highest BCUT2D eigenvalue weighted by molar-refractivity contribution is 5.76. The Labute approximate surface area is 192 Å². The number of nitrogens with zero attached hydrogens (tertiary/aromatic N) is 4. The molecule has 1 saturated heterocycles. The van der Waals surface area contributed by atoms with Gasteiger partial charge in [0.15, 0.2) is 0 Å². The fraction of sp³-hybridized carbons (Fsp3) is 0.808. The largest absolute Gasteiger partial charge is 0.352 e. The average molecular weight is 433 g/mol. The van der Waals surface area contributed by atoms with Gasteiger partial charge in [0.05, 0.1) is 6.20 Å². The quantitative estimate of drug-likeness (QED) is 0.309. The first-order chi connectivity index (χ1) is 15.2. The lowest BCUT2D eigenvalue weighted by molar-refractivity contribution is -0.131. The van der Waals surface area contributed by atoms with E-state index in [2.05, 4.69) is 35.6 Å². The van der Waals surface area contributed by atoms with E-state index in [-0.39, 0.29) is 0 Å². The summed E-state index contributed by atoms with van der Waals surface area (Å²) in [5.41, 5.74) is 0. The molecule has 0 radical (unpaired) electrons. The molecule has 1 aliphatic heterocycles. The zero-order valence-electron chi connectivity index (χ0n) is 20.7. The van der Waals surface area contributed by atoms with Crippen LogP contribution in [-0.4, -0.2) is 47.0 Å². The Balaban J connectivity index is 0.000000348. The molecule has 0 spiro atoms. The van der Waals surface area contributed by atoms with Crippen molar-refractivity contribution in [3.63, 3.8) is 0 Å². The first kappa shape index (κ1) is 27.4. The Morgan fingerprint density at radius 1 is 0.742 bits per heavy atom. The van der Waals surface area contributed by atoms with E-state index in [0.717, 1.165) is 51.3 Å². The standard InChI is InChI=1S/C14H22N4O.C12H26/c1-2-3-4-5-14(19)18-10-8-17(9-11-18)13-12-15-6-7-16-13;1-3-5-7-9-11-12-10-8-6-4-2/h6-7,12H,2-5,8-11H2,1H3;3-12H2,1-2H3. The fourth-order valence-electron chi connectivity index (χ4n) is 3.88. The molecule has 5 heteroatoms. The maximum Gasteiger partial charge on any atom is 0.222 e. The topological polar surface area (TPSA) is 49.3 Å². The monoisotopic (exact) mass is 432 g/mol. The summed E-state index contributed by atoms with van der Waals surface area (Å²) in [6.45, 7) is 9.99. The number of carbonyl (C=O) groups excluding carboxylic acids is 1. The number of piperazine rings is 1. The maximum atomic E-state index is 12.0. The minimum atomic E-state index is 0.298. The number of anilines is 1. The van der Waals surface area contributed by atoms with E-state index in [0.29, 0.717) is 12.3 Å². The molecule has 1 aromatic rings. The van der Waals surface area contributed by atoms with Gasteiger partial charge in [-0.3, -0.25) is 9.78 Å². The molecule has 0 saturated carbocycles.